The van der Waals surface area contributed by atoms with Crippen LogP contribution in [-0.4, -0.2) is 12.9 Å². The number of rotatable bonds is 2. The van der Waals surface area contributed by atoms with Gasteiger partial charge in [0.15, 0.2) is 0 Å². The van der Waals surface area contributed by atoms with Crippen molar-refractivity contribution in [2.45, 2.75) is 34.1 Å². The molecule has 110 valence electrons. The molecule has 0 saturated heterocycles. The maximum absolute atomic E-state index is 11.9. The number of aryl methyl sites for hydroxylation is 1. The molecule has 0 fully saturated rings. The van der Waals surface area contributed by atoms with E-state index in [0.29, 0.717) is 11.1 Å². The highest BCUT2D eigenvalue weighted by atomic mass is 19.4. The molecule has 0 atom stereocenters. The summed E-state index contributed by atoms with van der Waals surface area (Å²) in [7, 11) is 0. The molecule has 5 heteroatoms. The fourth-order valence-electron chi connectivity index (χ4n) is 1.09. The Morgan fingerprint density at radius 3 is 2.11 bits per heavy atom. The van der Waals surface area contributed by atoms with Crippen LogP contribution in [0.5, 0.6) is 5.75 Å². The monoisotopic (exact) mass is 277 g/mol. The van der Waals surface area contributed by atoms with Gasteiger partial charge in [-0.2, -0.15) is 0 Å². The number of hydrogen-bond acceptors (Lipinski definition) is 2. The fraction of sp³-hybridized carbons (Fsp3) is 0.429. The van der Waals surface area contributed by atoms with Gasteiger partial charge in [0.25, 0.3) is 0 Å². The largest absolute Gasteiger partial charge is 0.573 e. The van der Waals surface area contributed by atoms with E-state index >= 15 is 0 Å². The van der Waals surface area contributed by atoms with E-state index < -0.39 is 6.36 Å². The molecule has 1 aromatic carbocycles. The Labute approximate surface area is 113 Å². The van der Waals surface area contributed by atoms with Crippen LogP contribution in [0.3, 0.4) is 0 Å². The van der Waals surface area contributed by atoms with Gasteiger partial charge in [0.1, 0.15) is 5.75 Å². The summed E-state index contributed by atoms with van der Waals surface area (Å²) >= 11 is 0. The average Bonchev–Trinajstić information content (AvgIpc) is 2.29. The van der Waals surface area contributed by atoms with Crippen LogP contribution in [0.4, 0.5) is 13.2 Å². The van der Waals surface area contributed by atoms with Gasteiger partial charge in [-0.25, -0.2) is 0 Å². The van der Waals surface area contributed by atoms with Crippen LogP contribution >= 0.6 is 0 Å². The third kappa shape index (κ3) is 11.3. The van der Waals surface area contributed by atoms with Gasteiger partial charge >= 0.3 is 6.36 Å². The van der Waals surface area contributed by atoms with Crippen molar-refractivity contribution in [2.24, 2.45) is 5.73 Å². The highest BCUT2D eigenvalue weighted by Crippen LogP contribution is 2.25. The van der Waals surface area contributed by atoms with Crippen molar-refractivity contribution < 1.29 is 17.9 Å². The molecule has 0 saturated carbocycles. The Morgan fingerprint density at radius 2 is 1.74 bits per heavy atom. The van der Waals surface area contributed by atoms with E-state index in [0.717, 1.165) is 6.54 Å². The maximum atomic E-state index is 11.9. The van der Waals surface area contributed by atoms with Crippen LogP contribution in [0.25, 0.3) is 6.08 Å². The molecule has 0 aliphatic carbocycles. The number of halogens is 3. The summed E-state index contributed by atoms with van der Waals surface area (Å²) in [6, 6.07) is 4.32. The van der Waals surface area contributed by atoms with Crippen molar-refractivity contribution in [2.75, 3.05) is 6.54 Å². The minimum Gasteiger partial charge on any atom is -0.406 e. The van der Waals surface area contributed by atoms with Gasteiger partial charge in [0, 0.05) is 0 Å². The van der Waals surface area contributed by atoms with E-state index in [9.17, 15) is 13.2 Å². The first-order chi connectivity index (χ1) is 8.82. The summed E-state index contributed by atoms with van der Waals surface area (Å²) in [5.41, 5.74) is 6.14. The number of ether oxygens (including phenoxy) is 1. The minimum absolute atomic E-state index is 0.215. The molecule has 0 amide bonds. The van der Waals surface area contributed by atoms with Gasteiger partial charge < -0.3 is 10.5 Å². The second-order valence-electron chi connectivity index (χ2n) is 3.24. The normalized spacial score (nSPS) is 9.47. The number of nitrogens with two attached hydrogens (primary N) is 1. The fourth-order valence-corrected chi connectivity index (χ4v) is 1.09. The third-order valence-corrected chi connectivity index (χ3v) is 1.54. The molecule has 19 heavy (non-hydrogen) atoms. The molecule has 0 unspecified atom stereocenters. The van der Waals surface area contributed by atoms with Crippen LogP contribution in [-0.2, 0) is 0 Å². The first-order valence-corrected chi connectivity index (χ1v) is 6.02. The second kappa shape index (κ2) is 10.4. The number of benzene rings is 1. The highest BCUT2D eigenvalue weighted by molar-refractivity contribution is 5.51. The lowest BCUT2D eigenvalue weighted by molar-refractivity contribution is -0.274. The Kier molecular flexibility index (Phi) is 10.9. The molecule has 0 aliphatic heterocycles. The zero-order valence-corrected chi connectivity index (χ0v) is 11.8. The smallest absolute Gasteiger partial charge is 0.406 e. The lowest BCUT2D eigenvalue weighted by Gasteiger charge is -2.10. The topological polar surface area (TPSA) is 35.2 Å². The standard InChI is InChI=1S/C10H9F3O.C2H7N.C2H6/c1-3-8-4-7(2)5-9(6-8)14-10(11,12)13;1-2-3;1-2/h3-6H,1H2,2H3;2-3H2,1H3;1-2H3. The van der Waals surface area contributed by atoms with Crippen LogP contribution in [0.1, 0.15) is 31.9 Å². The van der Waals surface area contributed by atoms with Crippen molar-refractivity contribution in [3.8, 4) is 5.75 Å². The van der Waals surface area contributed by atoms with Crippen LogP contribution < -0.4 is 10.5 Å². The van der Waals surface area contributed by atoms with E-state index in [2.05, 4.69) is 11.3 Å². The van der Waals surface area contributed by atoms with Gasteiger partial charge in [0.2, 0.25) is 0 Å². The molecule has 0 aromatic heterocycles. The molecular formula is C14H22F3NO. The van der Waals surface area contributed by atoms with Crippen LogP contribution in [0.15, 0.2) is 24.8 Å². The molecule has 0 aliphatic rings. The van der Waals surface area contributed by atoms with Gasteiger partial charge in [-0.1, -0.05) is 39.5 Å². The first-order valence-electron chi connectivity index (χ1n) is 6.02. The highest BCUT2D eigenvalue weighted by Gasteiger charge is 2.31. The zero-order valence-electron chi connectivity index (χ0n) is 11.8. The van der Waals surface area contributed by atoms with Crippen molar-refractivity contribution in [1.82, 2.24) is 0 Å². The van der Waals surface area contributed by atoms with E-state index in [4.69, 9.17) is 5.73 Å². The average molecular weight is 277 g/mol. The van der Waals surface area contributed by atoms with Crippen molar-refractivity contribution >= 4 is 6.08 Å². The summed E-state index contributed by atoms with van der Waals surface area (Å²) in [6.07, 6.45) is -3.18. The van der Waals surface area contributed by atoms with E-state index in [1.165, 1.54) is 18.2 Å². The molecule has 1 rings (SSSR count). The van der Waals surface area contributed by atoms with Crippen molar-refractivity contribution in [1.29, 1.82) is 0 Å². The molecular weight excluding hydrogens is 255 g/mol. The summed E-state index contributed by atoms with van der Waals surface area (Å²) in [5, 5.41) is 0. The number of hydrogen-bond donors (Lipinski definition) is 1. The predicted octanol–water partition coefficient (Wildman–Crippen LogP) is 4.53. The Hall–Kier alpha value is -1.49. The quantitative estimate of drug-likeness (QED) is 0.862. The first kappa shape index (κ1) is 19.8. The van der Waals surface area contributed by atoms with Crippen molar-refractivity contribution in [3.05, 3.63) is 35.9 Å². The van der Waals surface area contributed by atoms with Crippen molar-refractivity contribution in [3.63, 3.8) is 0 Å². The minimum atomic E-state index is -4.65. The van der Waals surface area contributed by atoms with Gasteiger partial charge in [0.05, 0.1) is 0 Å². The molecule has 0 heterocycles. The molecule has 0 radical (unpaired) electrons. The summed E-state index contributed by atoms with van der Waals surface area (Å²) in [6.45, 7) is 11.8. The summed E-state index contributed by atoms with van der Waals surface area (Å²) < 4.78 is 39.4. The number of alkyl halides is 3. The molecule has 2 N–H and O–H groups in total. The maximum Gasteiger partial charge on any atom is 0.573 e. The van der Waals surface area contributed by atoms with Crippen LogP contribution in [0, 0.1) is 6.92 Å². The Bertz CT molecular complexity index is 362. The molecule has 0 bridgehead atoms. The van der Waals surface area contributed by atoms with Gasteiger partial charge in [-0.05, 0) is 36.7 Å². The molecule has 0 spiro atoms. The Morgan fingerprint density at radius 1 is 1.26 bits per heavy atom. The third-order valence-electron chi connectivity index (χ3n) is 1.54. The summed E-state index contributed by atoms with van der Waals surface area (Å²) in [5.74, 6) is -0.215. The SMILES string of the molecule is C=Cc1cc(C)cc(OC(F)(F)F)c1.CC.CCN. The van der Waals surface area contributed by atoms with Gasteiger partial charge in [-0.3, -0.25) is 0 Å². The summed E-state index contributed by atoms with van der Waals surface area (Å²) in [4.78, 5) is 0. The zero-order chi connectivity index (χ0) is 15.5. The molecule has 2 nitrogen and oxygen atoms in total. The van der Waals surface area contributed by atoms with Crippen LogP contribution in [0.2, 0.25) is 0 Å². The van der Waals surface area contributed by atoms with E-state index in [-0.39, 0.29) is 5.75 Å². The van der Waals surface area contributed by atoms with E-state index in [1.54, 1.807) is 13.0 Å². The predicted molar refractivity (Wildman–Crippen MR) is 74.0 cm³/mol. The lowest BCUT2D eigenvalue weighted by Crippen LogP contribution is -2.17. The molecule has 1 aromatic rings. The van der Waals surface area contributed by atoms with Gasteiger partial charge in [-0.15, -0.1) is 13.2 Å². The van der Waals surface area contributed by atoms with E-state index in [1.807, 2.05) is 20.8 Å². The lowest BCUT2D eigenvalue weighted by atomic mass is 10.1. The Balaban J connectivity index is 0. The second-order valence-corrected chi connectivity index (χ2v) is 3.24.